The van der Waals surface area contributed by atoms with Gasteiger partial charge in [-0.1, -0.05) is 11.3 Å². The molecule has 0 radical (unpaired) electrons. The van der Waals surface area contributed by atoms with Crippen molar-refractivity contribution in [2.75, 3.05) is 23.4 Å². The van der Waals surface area contributed by atoms with Crippen LogP contribution in [0.25, 0.3) is 0 Å². The summed E-state index contributed by atoms with van der Waals surface area (Å²) >= 11 is 1.29. The lowest BCUT2D eigenvalue weighted by atomic mass is 10.0. The van der Waals surface area contributed by atoms with Gasteiger partial charge < -0.3 is 10.6 Å². The van der Waals surface area contributed by atoms with Gasteiger partial charge in [-0.15, -0.1) is 0 Å². The van der Waals surface area contributed by atoms with Gasteiger partial charge in [0.15, 0.2) is 15.0 Å². The lowest BCUT2D eigenvalue weighted by Crippen LogP contribution is -2.46. The number of carbonyl (C=O) groups is 1. The van der Waals surface area contributed by atoms with Crippen LogP contribution in [0.2, 0.25) is 0 Å². The molecule has 1 unspecified atom stereocenters. The summed E-state index contributed by atoms with van der Waals surface area (Å²) in [5.41, 5.74) is -0.0158. The molecular weight excluding hydrogens is 298 g/mol. The third kappa shape index (κ3) is 3.29. The van der Waals surface area contributed by atoms with Gasteiger partial charge >= 0.3 is 0 Å². The van der Waals surface area contributed by atoms with Crippen molar-refractivity contribution in [3.8, 4) is 0 Å². The first-order valence-corrected chi connectivity index (χ1v) is 9.13. The third-order valence-electron chi connectivity index (χ3n) is 3.25. The Morgan fingerprint density at radius 3 is 2.75 bits per heavy atom. The molecule has 6 nitrogen and oxygen atoms in total. The minimum absolute atomic E-state index is 0.00363. The molecule has 1 fully saturated rings. The van der Waals surface area contributed by atoms with Gasteiger partial charge in [0.2, 0.25) is 0 Å². The molecule has 0 spiro atoms. The van der Waals surface area contributed by atoms with E-state index in [0.717, 1.165) is 6.54 Å². The van der Waals surface area contributed by atoms with E-state index in [2.05, 4.69) is 15.6 Å². The van der Waals surface area contributed by atoms with Gasteiger partial charge in [-0.05, 0) is 27.2 Å². The molecule has 20 heavy (non-hydrogen) atoms. The van der Waals surface area contributed by atoms with Crippen LogP contribution in [0.4, 0.5) is 5.13 Å². The fraction of sp³-hybridized carbons (Fsp3) is 0.667. The van der Waals surface area contributed by atoms with Crippen LogP contribution in [0.5, 0.6) is 0 Å². The smallest absolute Gasteiger partial charge is 0.263 e. The Balaban J connectivity index is 2.13. The number of rotatable bonds is 4. The maximum absolute atomic E-state index is 12.3. The van der Waals surface area contributed by atoms with Gasteiger partial charge in [0.05, 0.1) is 22.7 Å². The summed E-state index contributed by atoms with van der Waals surface area (Å²) in [6.45, 7) is 6.25. The van der Waals surface area contributed by atoms with Gasteiger partial charge in [-0.3, -0.25) is 4.79 Å². The molecule has 112 valence electrons. The van der Waals surface area contributed by atoms with Crippen LogP contribution in [0.1, 0.15) is 35.6 Å². The van der Waals surface area contributed by atoms with Crippen molar-refractivity contribution in [1.82, 2.24) is 10.3 Å². The summed E-state index contributed by atoms with van der Waals surface area (Å²) in [6.07, 6.45) is 0.457. The van der Waals surface area contributed by atoms with Gasteiger partial charge in [-0.2, -0.15) is 0 Å². The van der Waals surface area contributed by atoms with E-state index >= 15 is 0 Å². The van der Waals surface area contributed by atoms with Crippen LogP contribution in [-0.2, 0) is 9.84 Å². The maximum atomic E-state index is 12.3. The van der Waals surface area contributed by atoms with Gasteiger partial charge in [-0.25, -0.2) is 13.4 Å². The first-order valence-electron chi connectivity index (χ1n) is 6.49. The zero-order valence-electron chi connectivity index (χ0n) is 11.8. The lowest BCUT2D eigenvalue weighted by Gasteiger charge is -2.23. The molecule has 1 atom stereocenters. The van der Waals surface area contributed by atoms with Gasteiger partial charge in [0, 0.05) is 6.54 Å². The Kier molecular flexibility index (Phi) is 4.06. The SMILES string of the molecule is CCNc1nc(C)c(C(=O)NC2(C)CCS(=O)(=O)C2)s1. The minimum atomic E-state index is -3.03. The van der Waals surface area contributed by atoms with Crippen molar-refractivity contribution in [3.05, 3.63) is 10.6 Å². The van der Waals surface area contributed by atoms with Gasteiger partial charge in [0.1, 0.15) is 4.88 Å². The number of aryl methyl sites for hydroxylation is 1. The molecular formula is C12H19N3O3S2. The Labute approximate surface area is 122 Å². The van der Waals surface area contributed by atoms with Crippen LogP contribution >= 0.6 is 11.3 Å². The molecule has 2 heterocycles. The van der Waals surface area contributed by atoms with Crippen molar-refractivity contribution >= 4 is 32.2 Å². The van der Waals surface area contributed by atoms with E-state index in [1.54, 1.807) is 13.8 Å². The van der Waals surface area contributed by atoms with Crippen molar-refractivity contribution in [2.45, 2.75) is 32.7 Å². The van der Waals surface area contributed by atoms with E-state index in [0.29, 0.717) is 22.1 Å². The van der Waals surface area contributed by atoms with Crippen molar-refractivity contribution < 1.29 is 13.2 Å². The summed E-state index contributed by atoms with van der Waals surface area (Å²) < 4.78 is 23.1. The van der Waals surface area contributed by atoms with E-state index < -0.39 is 15.4 Å². The predicted molar refractivity (Wildman–Crippen MR) is 80.2 cm³/mol. The first kappa shape index (κ1) is 15.2. The summed E-state index contributed by atoms with van der Waals surface area (Å²) in [7, 11) is -3.03. The molecule has 0 aromatic carbocycles. The topological polar surface area (TPSA) is 88.2 Å². The molecule has 8 heteroatoms. The van der Waals surface area contributed by atoms with E-state index in [1.165, 1.54) is 11.3 Å². The molecule has 2 N–H and O–H groups in total. The molecule has 2 rings (SSSR count). The number of carbonyl (C=O) groups excluding carboxylic acids is 1. The molecule has 1 amide bonds. The highest BCUT2D eigenvalue weighted by Gasteiger charge is 2.40. The number of hydrogen-bond acceptors (Lipinski definition) is 6. The maximum Gasteiger partial charge on any atom is 0.263 e. The Morgan fingerprint density at radius 1 is 1.50 bits per heavy atom. The Bertz CT molecular complexity index is 624. The van der Waals surface area contributed by atoms with Crippen LogP contribution in [0.3, 0.4) is 0 Å². The number of nitrogens with zero attached hydrogens (tertiary/aromatic N) is 1. The zero-order chi connectivity index (χ0) is 15.0. The van der Waals surface area contributed by atoms with Crippen molar-refractivity contribution in [2.24, 2.45) is 0 Å². The number of aromatic nitrogens is 1. The second kappa shape index (κ2) is 5.33. The van der Waals surface area contributed by atoms with E-state index in [4.69, 9.17) is 0 Å². The number of amides is 1. The van der Waals surface area contributed by atoms with Crippen LogP contribution in [0, 0.1) is 6.92 Å². The minimum Gasteiger partial charge on any atom is -0.362 e. The summed E-state index contributed by atoms with van der Waals surface area (Å²) in [4.78, 5) is 17.1. The molecule has 1 saturated heterocycles. The Morgan fingerprint density at radius 2 is 2.20 bits per heavy atom. The highest BCUT2D eigenvalue weighted by Crippen LogP contribution is 2.26. The van der Waals surface area contributed by atoms with E-state index in [-0.39, 0.29) is 17.4 Å². The average molecular weight is 317 g/mol. The zero-order valence-corrected chi connectivity index (χ0v) is 13.4. The predicted octanol–water partition coefficient (Wildman–Crippen LogP) is 1.19. The van der Waals surface area contributed by atoms with Crippen LogP contribution < -0.4 is 10.6 Å². The summed E-state index contributed by atoms with van der Waals surface area (Å²) in [5, 5.41) is 6.63. The number of hydrogen-bond donors (Lipinski definition) is 2. The summed E-state index contributed by atoms with van der Waals surface area (Å²) in [6, 6.07) is 0. The third-order valence-corrected chi connectivity index (χ3v) is 6.27. The van der Waals surface area contributed by atoms with E-state index in [1.807, 2.05) is 6.92 Å². The highest BCUT2D eigenvalue weighted by atomic mass is 32.2. The lowest BCUT2D eigenvalue weighted by molar-refractivity contribution is 0.0919. The second-order valence-electron chi connectivity index (χ2n) is 5.32. The molecule has 0 bridgehead atoms. The highest BCUT2D eigenvalue weighted by molar-refractivity contribution is 7.91. The van der Waals surface area contributed by atoms with Crippen molar-refractivity contribution in [3.63, 3.8) is 0 Å². The first-order chi connectivity index (χ1) is 9.25. The fourth-order valence-corrected chi connectivity index (χ4v) is 5.30. The fourth-order valence-electron chi connectivity index (χ4n) is 2.27. The van der Waals surface area contributed by atoms with E-state index in [9.17, 15) is 13.2 Å². The Hall–Kier alpha value is -1.15. The van der Waals surface area contributed by atoms with Crippen molar-refractivity contribution in [1.29, 1.82) is 0 Å². The number of sulfone groups is 1. The quantitative estimate of drug-likeness (QED) is 0.871. The van der Waals surface area contributed by atoms with Gasteiger partial charge in [0.25, 0.3) is 5.91 Å². The normalized spacial score (nSPS) is 24.6. The largest absolute Gasteiger partial charge is 0.362 e. The number of nitrogens with one attached hydrogen (secondary N) is 2. The second-order valence-corrected chi connectivity index (χ2v) is 8.50. The standard InChI is InChI=1S/C12H19N3O3S2/c1-4-13-11-14-8(2)9(19-11)10(16)15-12(3)5-6-20(17,18)7-12/h4-7H2,1-3H3,(H,13,14)(H,15,16). The number of anilines is 1. The monoisotopic (exact) mass is 317 g/mol. The molecule has 0 saturated carbocycles. The number of thiazole rings is 1. The van der Waals surface area contributed by atoms with Crippen LogP contribution in [-0.4, -0.2) is 42.9 Å². The molecule has 1 aliphatic heterocycles. The molecule has 1 aliphatic rings. The molecule has 1 aromatic rings. The molecule has 0 aliphatic carbocycles. The molecule has 1 aromatic heterocycles. The van der Waals surface area contributed by atoms with Crippen LogP contribution in [0.15, 0.2) is 0 Å². The summed E-state index contributed by atoms with van der Waals surface area (Å²) in [5.74, 6) is -0.110. The average Bonchev–Trinajstić information content (AvgIpc) is 2.80.